The third kappa shape index (κ3) is 5.68. The van der Waals surface area contributed by atoms with E-state index in [4.69, 9.17) is 5.73 Å². The molecule has 0 bridgehead atoms. The number of likely N-dealkylation sites (tertiary alicyclic amines) is 1. The summed E-state index contributed by atoms with van der Waals surface area (Å²) >= 11 is 1.48. The third-order valence-corrected chi connectivity index (χ3v) is 7.98. The molecule has 1 saturated heterocycles. The molecule has 1 aliphatic rings. The molecule has 0 saturated carbocycles. The lowest BCUT2D eigenvalue weighted by atomic mass is 9.85. The highest BCUT2D eigenvalue weighted by Crippen LogP contribution is 2.37. The highest BCUT2D eigenvalue weighted by Gasteiger charge is 2.29. The van der Waals surface area contributed by atoms with Crippen LogP contribution in [0.5, 0.6) is 0 Å². The lowest BCUT2D eigenvalue weighted by Crippen LogP contribution is -2.39. The van der Waals surface area contributed by atoms with E-state index < -0.39 is 0 Å². The van der Waals surface area contributed by atoms with E-state index in [2.05, 4.69) is 61.7 Å². The Labute approximate surface area is 232 Å². The van der Waals surface area contributed by atoms with Gasteiger partial charge < -0.3 is 16.0 Å². The molecule has 5 aromatic rings. The normalized spacial score (nSPS) is 14.6. The Kier molecular flexibility index (Phi) is 7.97. The molecule has 0 radical (unpaired) electrons. The van der Waals surface area contributed by atoms with Crippen LogP contribution in [-0.4, -0.2) is 43.8 Å². The molecule has 1 unspecified atom stereocenters. The van der Waals surface area contributed by atoms with Crippen LogP contribution in [0.3, 0.4) is 0 Å². The number of pyridine rings is 1. The summed E-state index contributed by atoms with van der Waals surface area (Å²) in [5, 5.41) is 4.37. The van der Waals surface area contributed by atoms with E-state index in [0.29, 0.717) is 11.0 Å². The zero-order valence-electron chi connectivity index (χ0n) is 22.5. The maximum atomic E-state index is 11.9. The predicted molar refractivity (Wildman–Crippen MR) is 159 cm³/mol. The number of benzene rings is 2. The van der Waals surface area contributed by atoms with Gasteiger partial charge in [0.25, 0.3) is 0 Å². The molecule has 1 atom stereocenters. The van der Waals surface area contributed by atoms with Gasteiger partial charge in [-0.05, 0) is 60.2 Å². The summed E-state index contributed by atoms with van der Waals surface area (Å²) in [6.45, 7) is 7.18. The highest BCUT2D eigenvalue weighted by atomic mass is 32.1. The summed E-state index contributed by atoms with van der Waals surface area (Å²) in [4.78, 5) is 32.0. The second-order valence-corrected chi connectivity index (χ2v) is 10.5. The van der Waals surface area contributed by atoms with Gasteiger partial charge in [0.05, 0.1) is 27.3 Å². The van der Waals surface area contributed by atoms with E-state index in [1.165, 1.54) is 11.3 Å². The number of hydrogen-bond donors (Lipinski definition) is 2. The van der Waals surface area contributed by atoms with Gasteiger partial charge in [0.15, 0.2) is 5.13 Å². The van der Waals surface area contributed by atoms with Gasteiger partial charge in [-0.15, -0.1) is 0 Å². The molecule has 4 heterocycles. The van der Waals surface area contributed by atoms with Crippen molar-refractivity contribution in [3.8, 4) is 11.1 Å². The van der Waals surface area contributed by atoms with E-state index in [0.717, 1.165) is 69.6 Å². The molecule has 2 aromatic carbocycles. The second-order valence-electron chi connectivity index (χ2n) is 9.43. The van der Waals surface area contributed by atoms with Crippen LogP contribution in [-0.2, 0) is 4.79 Å². The lowest BCUT2D eigenvalue weighted by Gasteiger charge is -2.36. The van der Waals surface area contributed by atoms with Crippen molar-refractivity contribution in [3.05, 3.63) is 72.8 Å². The molecule has 0 spiro atoms. The summed E-state index contributed by atoms with van der Waals surface area (Å²) in [5.74, 6) is 0.496. The van der Waals surface area contributed by atoms with Crippen LogP contribution in [0.25, 0.3) is 32.4 Å². The fourth-order valence-corrected chi connectivity index (χ4v) is 5.97. The van der Waals surface area contributed by atoms with Gasteiger partial charge in [-0.1, -0.05) is 37.3 Å². The molecular formula is C30H33N7OS. The molecule has 1 amide bonds. The van der Waals surface area contributed by atoms with E-state index in [1.807, 2.05) is 31.0 Å². The van der Waals surface area contributed by atoms with Crippen LogP contribution < -0.4 is 11.1 Å². The first-order chi connectivity index (χ1) is 19.0. The third-order valence-electron chi connectivity index (χ3n) is 7.11. The van der Waals surface area contributed by atoms with Gasteiger partial charge in [0.2, 0.25) is 5.91 Å². The number of amides is 1. The first-order valence-corrected chi connectivity index (χ1v) is 14.2. The van der Waals surface area contributed by atoms with Crippen molar-refractivity contribution in [1.82, 2.24) is 24.8 Å². The van der Waals surface area contributed by atoms with Gasteiger partial charge in [-0.2, -0.15) is 0 Å². The summed E-state index contributed by atoms with van der Waals surface area (Å²) in [7, 11) is 0. The van der Waals surface area contributed by atoms with Crippen LogP contribution in [0, 0.1) is 5.92 Å². The van der Waals surface area contributed by atoms with Gasteiger partial charge in [-0.3, -0.25) is 19.7 Å². The van der Waals surface area contributed by atoms with Crippen molar-refractivity contribution >= 4 is 49.3 Å². The standard InChI is InChI=1S/C28H27N7OS.C2H6/c1-17(36)35-11-6-18(7-12-35)26(20-3-2-8-30-16-20)33-21-14-22(27-24(15-21)31-9-10-32-27)19-4-5-25-23(13-19)34-28(29)37-25;1-2/h2-5,8-10,13-16,18,26,33H,6-7,11-12H2,1H3,(H2,29,34);1-2H3. The minimum absolute atomic E-state index is 0.0469. The van der Waals surface area contributed by atoms with Crippen LogP contribution >= 0.6 is 11.3 Å². The van der Waals surface area contributed by atoms with Crippen molar-refractivity contribution in [2.75, 3.05) is 24.1 Å². The molecule has 1 fully saturated rings. The number of hydrogen-bond acceptors (Lipinski definition) is 8. The van der Waals surface area contributed by atoms with Crippen LogP contribution in [0.1, 0.15) is 45.2 Å². The zero-order chi connectivity index (χ0) is 27.4. The molecule has 9 heteroatoms. The van der Waals surface area contributed by atoms with E-state index in [1.54, 1.807) is 25.5 Å². The number of piperidine rings is 1. The second kappa shape index (κ2) is 11.7. The maximum Gasteiger partial charge on any atom is 0.219 e. The summed E-state index contributed by atoms with van der Waals surface area (Å²) in [5.41, 5.74) is 12.6. The summed E-state index contributed by atoms with van der Waals surface area (Å²) < 4.78 is 1.06. The smallest absolute Gasteiger partial charge is 0.219 e. The molecule has 3 N–H and O–H groups in total. The summed E-state index contributed by atoms with van der Waals surface area (Å²) in [6, 6.07) is 14.5. The number of nitrogens with one attached hydrogen (secondary N) is 1. The molecule has 6 rings (SSSR count). The molecule has 39 heavy (non-hydrogen) atoms. The Hall–Kier alpha value is -4.11. The quantitative estimate of drug-likeness (QED) is 0.269. The van der Waals surface area contributed by atoms with Crippen molar-refractivity contribution < 1.29 is 4.79 Å². The number of anilines is 2. The molecule has 0 aliphatic carbocycles. The predicted octanol–water partition coefficient (Wildman–Crippen LogP) is 6.32. The van der Waals surface area contributed by atoms with Gasteiger partial charge in [0, 0.05) is 56.1 Å². The van der Waals surface area contributed by atoms with E-state index >= 15 is 0 Å². The van der Waals surface area contributed by atoms with Gasteiger partial charge in [0.1, 0.15) is 0 Å². The minimum atomic E-state index is 0.0469. The number of carbonyl (C=O) groups is 1. The van der Waals surface area contributed by atoms with Gasteiger partial charge >= 0.3 is 0 Å². The Morgan fingerprint density at radius 3 is 2.59 bits per heavy atom. The zero-order valence-corrected chi connectivity index (χ0v) is 23.3. The first-order valence-electron chi connectivity index (χ1n) is 13.4. The van der Waals surface area contributed by atoms with Crippen molar-refractivity contribution in [2.45, 2.75) is 39.7 Å². The number of nitrogens with zero attached hydrogens (tertiary/aromatic N) is 5. The van der Waals surface area contributed by atoms with Crippen molar-refractivity contribution in [3.63, 3.8) is 0 Å². The van der Waals surface area contributed by atoms with Crippen LogP contribution in [0.4, 0.5) is 10.8 Å². The molecule has 1 aliphatic heterocycles. The van der Waals surface area contributed by atoms with Crippen LogP contribution in [0.15, 0.2) is 67.3 Å². The average Bonchev–Trinajstić information content (AvgIpc) is 3.36. The Morgan fingerprint density at radius 1 is 1.05 bits per heavy atom. The van der Waals surface area contributed by atoms with E-state index in [9.17, 15) is 4.79 Å². The first kappa shape index (κ1) is 26.5. The molecule has 200 valence electrons. The Bertz CT molecular complexity index is 1580. The number of nitrogen functional groups attached to an aromatic ring is 1. The number of fused-ring (bicyclic) bond motifs is 2. The molecule has 3 aromatic heterocycles. The SMILES string of the molecule is CC.CC(=O)N1CCC(C(Nc2cc(-c3ccc4sc(N)nc4c3)c3nccnc3c2)c2cccnc2)CC1. The number of aromatic nitrogens is 4. The van der Waals surface area contributed by atoms with Crippen LogP contribution in [0.2, 0.25) is 0 Å². The average molecular weight is 540 g/mol. The molecular weight excluding hydrogens is 506 g/mol. The Morgan fingerprint density at radius 2 is 1.85 bits per heavy atom. The van der Waals surface area contributed by atoms with Crippen molar-refractivity contribution in [2.24, 2.45) is 5.92 Å². The number of thiazole rings is 1. The fraction of sp³-hybridized carbons (Fsp3) is 0.300. The van der Waals surface area contributed by atoms with E-state index in [-0.39, 0.29) is 11.9 Å². The fourth-order valence-electron chi connectivity index (χ4n) is 5.25. The highest BCUT2D eigenvalue weighted by molar-refractivity contribution is 7.22. The molecule has 8 nitrogen and oxygen atoms in total. The van der Waals surface area contributed by atoms with Gasteiger partial charge in [-0.25, -0.2) is 4.98 Å². The monoisotopic (exact) mass is 539 g/mol. The number of rotatable bonds is 5. The number of carbonyl (C=O) groups excluding carboxylic acids is 1. The Balaban J connectivity index is 0.00000151. The maximum absolute atomic E-state index is 11.9. The summed E-state index contributed by atoms with van der Waals surface area (Å²) in [6.07, 6.45) is 9.01. The minimum Gasteiger partial charge on any atom is -0.378 e. The lowest BCUT2D eigenvalue weighted by molar-refractivity contribution is -0.130. The number of nitrogens with two attached hydrogens (primary N) is 1. The van der Waals surface area contributed by atoms with Crippen molar-refractivity contribution in [1.29, 1.82) is 0 Å². The topological polar surface area (TPSA) is 110 Å². The largest absolute Gasteiger partial charge is 0.378 e.